The highest BCUT2D eigenvalue weighted by Crippen LogP contribution is 2.14. The van der Waals surface area contributed by atoms with Gasteiger partial charge in [-0.3, -0.25) is 0 Å². The van der Waals surface area contributed by atoms with Gasteiger partial charge in [0.25, 0.3) is 0 Å². The first-order valence-corrected chi connectivity index (χ1v) is 8.82. The summed E-state index contributed by atoms with van der Waals surface area (Å²) < 4.78 is 0. The molecule has 0 amide bonds. The average molecular weight is 287 g/mol. The highest BCUT2D eigenvalue weighted by Gasteiger charge is 2.05. The van der Waals surface area contributed by atoms with E-state index < -0.39 is 0 Å². The van der Waals surface area contributed by atoms with Gasteiger partial charge in [-0.15, -0.1) is 0 Å². The molecule has 2 heteroatoms. The van der Waals surface area contributed by atoms with Gasteiger partial charge in [0.05, 0.1) is 0 Å². The Morgan fingerprint density at radius 2 is 1.16 bits per heavy atom. The minimum Gasteiger partial charge on any atom is -0.502 e. The second-order valence-corrected chi connectivity index (χ2v) is 6.34. The van der Waals surface area contributed by atoms with Gasteiger partial charge in [-0.2, -0.15) is 0 Å². The van der Waals surface area contributed by atoms with E-state index in [2.05, 4.69) is 6.92 Å². The third kappa shape index (κ3) is 14.1. The zero-order valence-electron chi connectivity index (χ0n) is 13.1. The Balaban J connectivity index is 3.05. The van der Waals surface area contributed by atoms with Crippen LogP contribution < -0.4 is 0 Å². The Hall–Kier alpha value is -0.110. The van der Waals surface area contributed by atoms with Crippen LogP contribution in [-0.4, -0.2) is 10.2 Å². The zero-order chi connectivity index (χ0) is 14.3. The van der Waals surface area contributed by atoms with Crippen LogP contribution in [0.3, 0.4) is 0 Å². The molecule has 0 aliphatic rings. The molecule has 0 aromatic carbocycles. The van der Waals surface area contributed by atoms with Crippen molar-refractivity contribution in [3.63, 3.8) is 0 Å². The molecule has 0 saturated carbocycles. The number of unbranched alkanes of at least 4 members (excludes halogenated alkanes) is 11. The quantitative estimate of drug-likeness (QED) is 0.287. The molecule has 0 spiro atoms. The predicted octanol–water partition coefficient (Wildman–Crippen LogP) is 6.60. The molecular formula is C17H34OS. The van der Waals surface area contributed by atoms with E-state index >= 15 is 0 Å². The van der Waals surface area contributed by atoms with Crippen LogP contribution in [0.5, 0.6) is 0 Å². The minimum absolute atomic E-state index is 0.183. The van der Waals surface area contributed by atoms with Gasteiger partial charge in [-0.25, -0.2) is 0 Å². The maximum absolute atomic E-state index is 9.13. The number of aliphatic hydroxyl groups excluding tert-OH is 1. The van der Waals surface area contributed by atoms with Crippen LogP contribution in [0.25, 0.3) is 0 Å². The standard InChI is InChI=1S/C17H34OS/c1-3-4-5-6-7-8-9-10-11-12-13-14-15-16(2)17(18)19/h16H,3-15H2,1-2H3,(H,18,19). The Morgan fingerprint density at radius 1 is 0.789 bits per heavy atom. The molecule has 0 aromatic heterocycles. The van der Waals surface area contributed by atoms with E-state index in [0.717, 1.165) is 6.42 Å². The van der Waals surface area contributed by atoms with Crippen LogP contribution in [0.4, 0.5) is 0 Å². The van der Waals surface area contributed by atoms with Crippen LogP contribution in [-0.2, 0) is 0 Å². The Labute approximate surface area is 126 Å². The van der Waals surface area contributed by atoms with Gasteiger partial charge < -0.3 is 5.11 Å². The van der Waals surface area contributed by atoms with E-state index in [4.69, 9.17) is 17.3 Å². The summed E-state index contributed by atoms with van der Waals surface area (Å²) in [5.74, 6) is 0.207. The molecular weight excluding hydrogens is 252 g/mol. The summed E-state index contributed by atoms with van der Waals surface area (Å²) >= 11 is 4.76. The van der Waals surface area contributed by atoms with Gasteiger partial charge in [-0.05, 0) is 18.6 Å². The first-order valence-electron chi connectivity index (χ1n) is 8.41. The molecule has 0 fully saturated rings. The molecule has 0 aliphatic heterocycles. The lowest BCUT2D eigenvalue weighted by molar-refractivity contribution is 0.475. The van der Waals surface area contributed by atoms with Crippen molar-refractivity contribution in [3.8, 4) is 0 Å². The Morgan fingerprint density at radius 3 is 1.53 bits per heavy atom. The summed E-state index contributed by atoms with van der Waals surface area (Å²) in [6, 6.07) is 0. The number of aliphatic hydroxyl groups is 1. The van der Waals surface area contributed by atoms with E-state index in [1.165, 1.54) is 77.0 Å². The minimum atomic E-state index is 0.183. The predicted molar refractivity (Wildman–Crippen MR) is 90.1 cm³/mol. The average Bonchev–Trinajstić information content (AvgIpc) is 2.39. The van der Waals surface area contributed by atoms with E-state index in [0.29, 0.717) is 0 Å². The largest absolute Gasteiger partial charge is 0.502 e. The maximum Gasteiger partial charge on any atom is 0.159 e. The zero-order valence-corrected chi connectivity index (χ0v) is 13.9. The highest BCUT2D eigenvalue weighted by molar-refractivity contribution is 7.80. The number of rotatable bonds is 14. The van der Waals surface area contributed by atoms with Gasteiger partial charge in [0.2, 0.25) is 0 Å². The van der Waals surface area contributed by atoms with E-state index in [9.17, 15) is 0 Å². The summed E-state index contributed by atoms with van der Waals surface area (Å²) in [6.45, 7) is 4.29. The van der Waals surface area contributed by atoms with Crippen LogP contribution in [0.2, 0.25) is 0 Å². The van der Waals surface area contributed by atoms with Gasteiger partial charge in [-0.1, -0.05) is 90.9 Å². The van der Waals surface area contributed by atoms with Crippen molar-refractivity contribution < 1.29 is 5.11 Å². The fourth-order valence-corrected chi connectivity index (χ4v) is 2.53. The highest BCUT2D eigenvalue weighted by atomic mass is 32.1. The first-order chi connectivity index (χ1) is 9.18. The van der Waals surface area contributed by atoms with Crippen molar-refractivity contribution in [3.05, 3.63) is 0 Å². The smallest absolute Gasteiger partial charge is 0.159 e. The van der Waals surface area contributed by atoms with E-state index in [1.807, 2.05) is 6.92 Å². The molecule has 0 radical (unpaired) electrons. The third-order valence-electron chi connectivity index (χ3n) is 3.91. The lowest BCUT2D eigenvalue weighted by Gasteiger charge is -2.07. The van der Waals surface area contributed by atoms with E-state index in [-0.39, 0.29) is 11.0 Å². The van der Waals surface area contributed by atoms with Gasteiger partial charge in [0, 0.05) is 5.92 Å². The van der Waals surface area contributed by atoms with Crippen molar-refractivity contribution >= 4 is 17.3 Å². The molecule has 1 atom stereocenters. The molecule has 0 rings (SSSR count). The Kier molecular flexibility index (Phi) is 14.2. The molecule has 114 valence electrons. The number of thiocarbonyl (C=S) groups is 1. The fraction of sp³-hybridized carbons (Fsp3) is 0.941. The molecule has 0 heterocycles. The van der Waals surface area contributed by atoms with Crippen LogP contribution in [0, 0.1) is 5.92 Å². The summed E-state index contributed by atoms with van der Waals surface area (Å²) in [7, 11) is 0. The number of hydrogen-bond acceptors (Lipinski definition) is 1. The van der Waals surface area contributed by atoms with Crippen molar-refractivity contribution in [1.29, 1.82) is 0 Å². The van der Waals surface area contributed by atoms with Gasteiger partial charge >= 0.3 is 0 Å². The van der Waals surface area contributed by atoms with Crippen LogP contribution >= 0.6 is 12.2 Å². The molecule has 1 unspecified atom stereocenters. The number of hydrogen-bond donors (Lipinski definition) is 1. The third-order valence-corrected chi connectivity index (χ3v) is 4.31. The second-order valence-electron chi connectivity index (χ2n) is 5.92. The summed E-state index contributed by atoms with van der Waals surface area (Å²) in [6.07, 6.45) is 17.6. The van der Waals surface area contributed by atoms with Crippen molar-refractivity contribution in [2.75, 3.05) is 0 Å². The maximum atomic E-state index is 9.13. The normalized spacial score (nSPS) is 12.5. The lowest BCUT2D eigenvalue weighted by Crippen LogP contribution is -2.06. The fourth-order valence-electron chi connectivity index (χ4n) is 2.41. The SMILES string of the molecule is CCCCCCCCCCCCCCC(C)C(O)=S. The molecule has 0 bridgehead atoms. The molecule has 0 aliphatic carbocycles. The van der Waals surface area contributed by atoms with Gasteiger partial charge in [0.15, 0.2) is 5.05 Å². The first kappa shape index (κ1) is 18.9. The van der Waals surface area contributed by atoms with E-state index in [1.54, 1.807) is 0 Å². The molecule has 1 nitrogen and oxygen atoms in total. The summed E-state index contributed by atoms with van der Waals surface area (Å²) in [5.41, 5.74) is 0. The van der Waals surface area contributed by atoms with Crippen LogP contribution in [0.15, 0.2) is 0 Å². The topological polar surface area (TPSA) is 20.2 Å². The Bertz CT molecular complexity index is 203. The van der Waals surface area contributed by atoms with Crippen molar-refractivity contribution in [1.82, 2.24) is 0 Å². The summed E-state index contributed by atoms with van der Waals surface area (Å²) in [4.78, 5) is 0. The molecule has 1 N–H and O–H groups in total. The van der Waals surface area contributed by atoms with Crippen LogP contribution in [0.1, 0.15) is 97.3 Å². The molecule has 0 aromatic rings. The van der Waals surface area contributed by atoms with Crippen molar-refractivity contribution in [2.45, 2.75) is 97.3 Å². The molecule has 19 heavy (non-hydrogen) atoms. The van der Waals surface area contributed by atoms with Gasteiger partial charge in [0.1, 0.15) is 0 Å². The second kappa shape index (κ2) is 14.3. The summed E-state index contributed by atoms with van der Waals surface area (Å²) in [5, 5.41) is 9.31. The van der Waals surface area contributed by atoms with Crippen molar-refractivity contribution in [2.24, 2.45) is 5.92 Å². The molecule has 0 saturated heterocycles. The monoisotopic (exact) mass is 286 g/mol. The lowest BCUT2D eigenvalue weighted by atomic mass is 10.0.